The third-order valence-corrected chi connectivity index (χ3v) is 4.24. The van der Waals surface area contributed by atoms with Crippen LogP contribution in [0.4, 0.5) is 0 Å². The molecule has 0 N–H and O–H groups in total. The van der Waals surface area contributed by atoms with E-state index >= 15 is 0 Å². The molecule has 0 aliphatic rings. The van der Waals surface area contributed by atoms with Crippen molar-refractivity contribution in [3.05, 3.63) is 12.7 Å². The quantitative estimate of drug-likeness (QED) is 0.454. The second-order valence-corrected chi connectivity index (χ2v) is 5.75. The molecule has 0 unspecified atom stereocenters. The van der Waals surface area contributed by atoms with E-state index in [0.29, 0.717) is 0 Å². The van der Waals surface area contributed by atoms with Crippen LogP contribution in [0.25, 0.3) is 0 Å². The fraction of sp³-hybridized carbons (Fsp3) is 0.750. The fourth-order valence-electron chi connectivity index (χ4n) is 1.03. The first-order valence-corrected chi connectivity index (χ1v) is 6.59. The Morgan fingerprint density at radius 1 is 1.27 bits per heavy atom. The van der Waals surface area contributed by atoms with Gasteiger partial charge in [-0.3, -0.25) is 0 Å². The third kappa shape index (κ3) is 4.34. The predicted molar refractivity (Wildman–Crippen MR) is 49.9 cm³/mol. The molecule has 11 heavy (non-hydrogen) atoms. The zero-order valence-electron chi connectivity index (χ0n) is 7.72. The lowest BCUT2D eigenvalue weighted by Gasteiger charge is -2.24. The summed E-state index contributed by atoms with van der Waals surface area (Å²) >= 11 is 0. The Morgan fingerprint density at radius 3 is 2.00 bits per heavy atom. The van der Waals surface area contributed by atoms with Gasteiger partial charge in [0.25, 0.3) is 0 Å². The van der Waals surface area contributed by atoms with E-state index in [0.717, 1.165) is 19.3 Å². The van der Waals surface area contributed by atoms with Gasteiger partial charge in [0.1, 0.15) is 0 Å². The Bertz CT molecular complexity index is 109. The van der Waals surface area contributed by atoms with Gasteiger partial charge in [-0.25, -0.2) is 0 Å². The molecule has 0 aromatic carbocycles. The minimum Gasteiger partial charge on any atom is -0.394 e. The fourth-order valence-corrected chi connectivity index (χ4v) is 3.10. The van der Waals surface area contributed by atoms with E-state index < -0.39 is 8.56 Å². The van der Waals surface area contributed by atoms with Crippen molar-refractivity contribution in [1.82, 2.24) is 0 Å². The van der Waals surface area contributed by atoms with Gasteiger partial charge in [0, 0.05) is 19.3 Å². The van der Waals surface area contributed by atoms with Crippen molar-refractivity contribution in [3.63, 3.8) is 0 Å². The van der Waals surface area contributed by atoms with E-state index in [1.165, 1.54) is 0 Å². The molecule has 0 saturated carbocycles. The Kier molecular flexibility index (Phi) is 5.46. The first kappa shape index (κ1) is 10.9. The van der Waals surface area contributed by atoms with Crippen LogP contribution in [0, 0.1) is 0 Å². The Balaban J connectivity index is 3.88. The van der Waals surface area contributed by atoms with Crippen LogP contribution in [-0.4, -0.2) is 21.8 Å². The Hall–Kier alpha value is -0.123. The molecule has 0 heterocycles. The molecule has 0 rings (SSSR count). The van der Waals surface area contributed by atoms with Crippen molar-refractivity contribution >= 4 is 8.56 Å². The number of hydrogen-bond donors (Lipinski definition) is 0. The number of allylic oxidation sites excluding steroid dienone is 1. The van der Waals surface area contributed by atoms with Gasteiger partial charge in [-0.05, 0) is 20.4 Å². The van der Waals surface area contributed by atoms with Gasteiger partial charge in [-0.15, -0.1) is 6.58 Å². The first-order valence-electron chi connectivity index (χ1n) is 4.07. The number of rotatable bonds is 6. The molecule has 0 aliphatic carbocycles. The molecule has 0 aromatic heterocycles. The highest BCUT2D eigenvalue weighted by atomic mass is 28.4. The van der Waals surface area contributed by atoms with Gasteiger partial charge < -0.3 is 8.85 Å². The lowest BCUT2D eigenvalue weighted by Crippen LogP contribution is -2.37. The van der Waals surface area contributed by atoms with Gasteiger partial charge in [0.05, 0.1) is 0 Å². The first-order chi connectivity index (χ1) is 5.18. The summed E-state index contributed by atoms with van der Waals surface area (Å²) in [5.41, 5.74) is 0. The van der Waals surface area contributed by atoms with Crippen molar-refractivity contribution in [2.45, 2.75) is 26.4 Å². The summed E-state index contributed by atoms with van der Waals surface area (Å²) in [6.07, 6.45) is 1.87. The molecule has 0 saturated heterocycles. The topological polar surface area (TPSA) is 18.5 Å². The summed E-state index contributed by atoms with van der Waals surface area (Å²) in [5, 5.41) is 0. The summed E-state index contributed by atoms with van der Waals surface area (Å²) in [6, 6.07) is 0.870. The molecule has 3 heteroatoms. The van der Waals surface area contributed by atoms with E-state index in [1.54, 1.807) is 0 Å². The maximum absolute atomic E-state index is 5.56. The van der Waals surface area contributed by atoms with Crippen LogP contribution >= 0.6 is 0 Å². The normalized spacial score (nSPS) is 11.5. The number of hydrogen-bond acceptors (Lipinski definition) is 2. The van der Waals surface area contributed by atoms with Crippen LogP contribution in [-0.2, 0) is 8.85 Å². The molecule has 0 radical (unpaired) electrons. The van der Waals surface area contributed by atoms with Crippen LogP contribution < -0.4 is 0 Å². The van der Waals surface area contributed by atoms with Crippen molar-refractivity contribution in [2.75, 3.05) is 13.2 Å². The predicted octanol–water partition coefficient (Wildman–Crippen LogP) is 2.32. The monoisotopic (exact) mass is 174 g/mol. The minimum atomic E-state index is -1.87. The van der Waals surface area contributed by atoms with Gasteiger partial charge in [0.15, 0.2) is 0 Å². The summed E-state index contributed by atoms with van der Waals surface area (Å²) in [5.74, 6) is 0. The van der Waals surface area contributed by atoms with Crippen LogP contribution in [0.1, 0.15) is 13.8 Å². The average Bonchev–Trinajstić information content (AvgIpc) is 1.88. The highest BCUT2D eigenvalue weighted by molar-refractivity contribution is 6.66. The lowest BCUT2D eigenvalue weighted by atomic mass is 10.8. The molecule has 66 valence electrons. The summed E-state index contributed by atoms with van der Waals surface area (Å²) in [7, 11) is -1.87. The zero-order chi connectivity index (χ0) is 8.74. The van der Waals surface area contributed by atoms with E-state index in [-0.39, 0.29) is 0 Å². The molecule has 0 aliphatic heterocycles. The van der Waals surface area contributed by atoms with E-state index in [1.807, 2.05) is 19.9 Å². The smallest absolute Gasteiger partial charge is 0.338 e. The van der Waals surface area contributed by atoms with Gasteiger partial charge in [-0.2, -0.15) is 0 Å². The molecular formula is C8H18O2Si. The molecule has 0 aromatic rings. The summed E-state index contributed by atoms with van der Waals surface area (Å²) in [4.78, 5) is 0. The second-order valence-electron chi connectivity index (χ2n) is 2.49. The Labute approximate surface area is 70.5 Å². The average molecular weight is 174 g/mol. The Morgan fingerprint density at radius 2 is 1.73 bits per heavy atom. The van der Waals surface area contributed by atoms with Crippen molar-refractivity contribution in [3.8, 4) is 0 Å². The maximum Gasteiger partial charge on any atom is 0.338 e. The standard InChI is InChI=1S/C8H18O2Si/c1-5-8-11(4,9-6-2)10-7-3/h5H,1,6-8H2,2-4H3. The van der Waals surface area contributed by atoms with Crippen LogP contribution in [0.3, 0.4) is 0 Å². The second kappa shape index (κ2) is 5.52. The van der Waals surface area contributed by atoms with Gasteiger partial charge in [0.2, 0.25) is 0 Å². The van der Waals surface area contributed by atoms with Crippen molar-refractivity contribution in [2.24, 2.45) is 0 Å². The van der Waals surface area contributed by atoms with Gasteiger partial charge >= 0.3 is 8.56 Å². The molecule has 0 atom stereocenters. The largest absolute Gasteiger partial charge is 0.394 e. The molecule has 0 fully saturated rings. The lowest BCUT2D eigenvalue weighted by molar-refractivity contribution is 0.192. The minimum absolute atomic E-state index is 0.733. The van der Waals surface area contributed by atoms with Crippen molar-refractivity contribution in [1.29, 1.82) is 0 Å². The SMILES string of the molecule is C=CC[Si](C)(OCC)OCC. The molecule has 0 amide bonds. The highest BCUT2D eigenvalue weighted by Gasteiger charge is 2.28. The van der Waals surface area contributed by atoms with E-state index in [2.05, 4.69) is 13.1 Å². The molecular weight excluding hydrogens is 156 g/mol. The zero-order valence-corrected chi connectivity index (χ0v) is 8.72. The third-order valence-electron chi connectivity index (χ3n) is 1.41. The van der Waals surface area contributed by atoms with E-state index in [4.69, 9.17) is 8.85 Å². The molecule has 0 bridgehead atoms. The van der Waals surface area contributed by atoms with Gasteiger partial charge in [-0.1, -0.05) is 6.08 Å². The molecule has 2 nitrogen and oxygen atoms in total. The molecule has 0 spiro atoms. The van der Waals surface area contributed by atoms with Crippen LogP contribution in [0.2, 0.25) is 12.6 Å². The van der Waals surface area contributed by atoms with Crippen LogP contribution in [0.15, 0.2) is 12.7 Å². The van der Waals surface area contributed by atoms with Crippen molar-refractivity contribution < 1.29 is 8.85 Å². The highest BCUT2D eigenvalue weighted by Crippen LogP contribution is 2.13. The van der Waals surface area contributed by atoms with E-state index in [9.17, 15) is 0 Å². The summed E-state index contributed by atoms with van der Waals surface area (Å²) in [6.45, 7) is 11.2. The van der Waals surface area contributed by atoms with Crippen LogP contribution in [0.5, 0.6) is 0 Å². The maximum atomic E-state index is 5.56. The summed E-state index contributed by atoms with van der Waals surface area (Å²) < 4.78 is 11.1.